The zero-order valence-electron chi connectivity index (χ0n) is 17.4. The van der Waals surface area contributed by atoms with Crippen molar-refractivity contribution in [3.63, 3.8) is 0 Å². The first kappa shape index (κ1) is 20.8. The minimum atomic E-state index is -0.538. The number of rotatable bonds is 6. The Morgan fingerprint density at radius 1 is 1.00 bits per heavy atom. The molecule has 0 spiro atoms. The van der Waals surface area contributed by atoms with E-state index in [0.29, 0.717) is 23.5 Å². The number of aromatic nitrogens is 3. The minimum absolute atomic E-state index is 0.247. The molecule has 2 aromatic heterocycles. The van der Waals surface area contributed by atoms with Gasteiger partial charge in [0.25, 0.3) is 5.91 Å². The van der Waals surface area contributed by atoms with E-state index in [1.54, 1.807) is 35.4 Å². The molecule has 0 bridgehead atoms. The van der Waals surface area contributed by atoms with E-state index >= 15 is 0 Å². The zero-order chi connectivity index (χ0) is 22.3. The lowest BCUT2D eigenvalue weighted by Crippen LogP contribution is -2.23. The summed E-state index contributed by atoms with van der Waals surface area (Å²) in [5, 5.41) is 10.2. The van der Waals surface area contributed by atoms with Crippen LogP contribution in [0.1, 0.15) is 15.9 Å². The molecule has 2 aromatic carbocycles. The highest BCUT2D eigenvalue weighted by atomic mass is 16.5. The number of anilines is 1. The van der Waals surface area contributed by atoms with Crippen LogP contribution in [-0.2, 0) is 11.3 Å². The van der Waals surface area contributed by atoms with Crippen molar-refractivity contribution in [1.82, 2.24) is 20.1 Å². The van der Waals surface area contributed by atoms with E-state index in [9.17, 15) is 9.59 Å². The predicted octanol–water partition coefficient (Wildman–Crippen LogP) is 4.04. The van der Waals surface area contributed by atoms with E-state index in [-0.39, 0.29) is 5.91 Å². The molecule has 32 heavy (non-hydrogen) atoms. The predicted molar refractivity (Wildman–Crippen MR) is 120 cm³/mol. The van der Waals surface area contributed by atoms with Crippen molar-refractivity contribution in [3.05, 3.63) is 96.4 Å². The number of para-hydroxylation sites is 1. The molecular weight excluding hydrogens is 406 g/mol. The first-order chi connectivity index (χ1) is 15.6. The Hall–Kier alpha value is -4.46. The van der Waals surface area contributed by atoms with Crippen LogP contribution in [0.4, 0.5) is 10.5 Å². The molecule has 0 aliphatic heterocycles. The number of pyridine rings is 1. The van der Waals surface area contributed by atoms with E-state index < -0.39 is 6.09 Å². The van der Waals surface area contributed by atoms with Gasteiger partial charge in [0.1, 0.15) is 5.69 Å². The van der Waals surface area contributed by atoms with Crippen LogP contribution in [0.3, 0.4) is 0 Å². The smallest absolute Gasteiger partial charge is 0.411 e. The fourth-order valence-electron chi connectivity index (χ4n) is 3.12. The van der Waals surface area contributed by atoms with Crippen LogP contribution in [0.25, 0.3) is 16.9 Å². The average Bonchev–Trinajstić information content (AvgIpc) is 3.30. The Morgan fingerprint density at radius 2 is 1.78 bits per heavy atom. The van der Waals surface area contributed by atoms with Gasteiger partial charge in [0.05, 0.1) is 18.4 Å². The van der Waals surface area contributed by atoms with Crippen LogP contribution in [0.5, 0.6) is 0 Å². The highest BCUT2D eigenvalue weighted by molar-refractivity contribution is 5.99. The molecule has 2 heterocycles. The Kier molecular flexibility index (Phi) is 6.22. The van der Waals surface area contributed by atoms with Gasteiger partial charge in [-0.05, 0) is 42.0 Å². The lowest BCUT2D eigenvalue weighted by atomic mass is 10.1. The number of nitrogens with zero attached hydrogens (tertiary/aromatic N) is 3. The third-order valence-electron chi connectivity index (χ3n) is 4.75. The van der Waals surface area contributed by atoms with Gasteiger partial charge >= 0.3 is 6.09 Å². The maximum absolute atomic E-state index is 13.0. The first-order valence-electron chi connectivity index (χ1n) is 9.91. The fourth-order valence-corrected chi connectivity index (χ4v) is 3.12. The lowest BCUT2D eigenvalue weighted by molar-refractivity contribution is 0.0951. The van der Waals surface area contributed by atoms with Crippen molar-refractivity contribution in [2.75, 3.05) is 12.4 Å². The molecule has 0 fully saturated rings. The van der Waals surface area contributed by atoms with Crippen LogP contribution in [0.2, 0.25) is 0 Å². The molecule has 0 saturated heterocycles. The zero-order valence-corrected chi connectivity index (χ0v) is 17.4. The van der Waals surface area contributed by atoms with Crippen LogP contribution in [-0.4, -0.2) is 33.9 Å². The summed E-state index contributed by atoms with van der Waals surface area (Å²) in [6.45, 7) is 0.320. The van der Waals surface area contributed by atoms with E-state index in [2.05, 4.69) is 25.5 Å². The van der Waals surface area contributed by atoms with Crippen molar-refractivity contribution in [2.45, 2.75) is 6.54 Å². The van der Waals surface area contributed by atoms with E-state index in [1.807, 2.05) is 54.6 Å². The number of carbonyl (C=O) groups is 2. The number of ether oxygens (including phenoxy) is 1. The van der Waals surface area contributed by atoms with Gasteiger partial charge in [-0.3, -0.25) is 15.1 Å². The number of carbonyl (C=O) groups excluding carboxylic acids is 2. The Labute approximate surface area is 184 Å². The largest absolute Gasteiger partial charge is 0.453 e. The fraction of sp³-hybridized carbons (Fsp3) is 0.0833. The quantitative estimate of drug-likeness (QED) is 0.484. The number of hydrogen-bond acceptors (Lipinski definition) is 5. The van der Waals surface area contributed by atoms with Crippen LogP contribution < -0.4 is 10.6 Å². The van der Waals surface area contributed by atoms with Crippen LogP contribution in [0, 0.1) is 0 Å². The Morgan fingerprint density at radius 3 is 2.47 bits per heavy atom. The SMILES string of the molecule is COC(=O)Nc1ccc(CNC(=O)c2cn(-c3ccccc3)nc2-c2cccnc2)cc1. The topological polar surface area (TPSA) is 98.1 Å². The van der Waals surface area contributed by atoms with Crippen molar-refractivity contribution >= 4 is 17.7 Å². The number of nitrogens with one attached hydrogen (secondary N) is 2. The van der Waals surface area contributed by atoms with Crippen molar-refractivity contribution in [1.29, 1.82) is 0 Å². The van der Waals surface area contributed by atoms with Crippen molar-refractivity contribution in [3.8, 4) is 16.9 Å². The second-order valence-corrected chi connectivity index (χ2v) is 6.91. The normalized spacial score (nSPS) is 10.4. The summed E-state index contributed by atoms with van der Waals surface area (Å²) in [6.07, 6.45) is 4.54. The lowest BCUT2D eigenvalue weighted by Gasteiger charge is -2.07. The molecule has 4 aromatic rings. The van der Waals surface area contributed by atoms with Gasteiger partial charge in [-0.2, -0.15) is 5.10 Å². The third kappa shape index (κ3) is 4.81. The molecule has 160 valence electrons. The summed E-state index contributed by atoms with van der Waals surface area (Å²) in [7, 11) is 1.30. The highest BCUT2D eigenvalue weighted by Crippen LogP contribution is 2.23. The van der Waals surface area contributed by atoms with Gasteiger partial charge in [-0.25, -0.2) is 9.48 Å². The summed E-state index contributed by atoms with van der Waals surface area (Å²) >= 11 is 0. The summed E-state index contributed by atoms with van der Waals surface area (Å²) in [5.41, 5.74) is 4.10. The average molecular weight is 427 g/mol. The number of methoxy groups -OCH3 is 1. The molecule has 2 amide bonds. The van der Waals surface area contributed by atoms with Crippen LogP contribution >= 0.6 is 0 Å². The molecule has 0 saturated carbocycles. The molecule has 2 N–H and O–H groups in total. The molecule has 0 atom stereocenters. The summed E-state index contributed by atoms with van der Waals surface area (Å²) in [6, 6.07) is 20.4. The molecule has 0 radical (unpaired) electrons. The number of amides is 2. The van der Waals surface area contributed by atoms with Gasteiger partial charge in [0.15, 0.2) is 0 Å². The van der Waals surface area contributed by atoms with Gasteiger partial charge in [0, 0.05) is 36.4 Å². The third-order valence-corrected chi connectivity index (χ3v) is 4.75. The van der Waals surface area contributed by atoms with Crippen LogP contribution in [0.15, 0.2) is 85.3 Å². The molecule has 0 aliphatic rings. The maximum atomic E-state index is 13.0. The van der Waals surface area contributed by atoms with Crippen molar-refractivity contribution in [2.24, 2.45) is 0 Å². The van der Waals surface area contributed by atoms with Gasteiger partial charge in [0.2, 0.25) is 0 Å². The number of hydrogen-bond donors (Lipinski definition) is 2. The minimum Gasteiger partial charge on any atom is -0.453 e. The Balaban J connectivity index is 1.54. The maximum Gasteiger partial charge on any atom is 0.411 e. The summed E-state index contributed by atoms with van der Waals surface area (Å²) in [5.74, 6) is -0.247. The van der Waals surface area contributed by atoms with Gasteiger partial charge in [-0.15, -0.1) is 0 Å². The Bertz CT molecular complexity index is 1210. The second kappa shape index (κ2) is 9.57. The molecule has 0 aliphatic carbocycles. The highest BCUT2D eigenvalue weighted by Gasteiger charge is 2.18. The molecule has 8 nitrogen and oxygen atoms in total. The standard InChI is InChI=1S/C24H21N5O3/c1-32-24(31)27-19-11-9-17(10-12-19)14-26-23(30)21-16-29(20-7-3-2-4-8-20)28-22(21)18-6-5-13-25-15-18/h2-13,15-16H,14H2,1H3,(H,26,30)(H,27,31). The van der Waals surface area contributed by atoms with E-state index in [4.69, 9.17) is 0 Å². The van der Waals surface area contributed by atoms with Gasteiger partial charge in [-0.1, -0.05) is 30.3 Å². The number of benzene rings is 2. The first-order valence-corrected chi connectivity index (χ1v) is 9.91. The van der Waals surface area contributed by atoms with E-state index in [1.165, 1.54) is 7.11 Å². The van der Waals surface area contributed by atoms with Gasteiger partial charge < -0.3 is 10.1 Å². The monoisotopic (exact) mass is 427 g/mol. The molecule has 4 rings (SSSR count). The molecule has 0 unspecified atom stereocenters. The summed E-state index contributed by atoms with van der Waals surface area (Å²) in [4.78, 5) is 28.5. The van der Waals surface area contributed by atoms with E-state index in [0.717, 1.165) is 16.8 Å². The molecule has 8 heteroatoms. The molecular formula is C24H21N5O3. The second-order valence-electron chi connectivity index (χ2n) is 6.91. The summed E-state index contributed by atoms with van der Waals surface area (Å²) < 4.78 is 6.26. The van der Waals surface area contributed by atoms with Crippen molar-refractivity contribution < 1.29 is 14.3 Å².